The Kier molecular flexibility index (Phi) is 7.58. The second-order valence-corrected chi connectivity index (χ2v) is 16.1. The Hall–Kier alpha value is -6.44. The first-order chi connectivity index (χ1) is 26.8. The van der Waals surface area contributed by atoms with Crippen LogP contribution in [0.4, 0.5) is 17.1 Å². The van der Waals surface area contributed by atoms with E-state index in [4.69, 9.17) is 0 Å². The molecule has 0 amide bonds. The molecule has 0 spiro atoms. The van der Waals surface area contributed by atoms with Crippen LogP contribution in [0.3, 0.4) is 0 Å². The maximum absolute atomic E-state index is 2.56. The number of fused-ring (bicyclic) bond motifs is 6. The van der Waals surface area contributed by atoms with Crippen molar-refractivity contribution >= 4 is 17.1 Å². The molecule has 1 nitrogen and oxygen atoms in total. The molecule has 264 valence electrons. The normalized spacial score (nSPS) is 14.1. The monoisotopic (exact) mass is 705 g/mol. The number of rotatable bonds is 6. The van der Waals surface area contributed by atoms with Gasteiger partial charge in [0.15, 0.2) is 0 Å². The molecular weight excluding hydrogens is 663 g/mol. The number of anilines is 3. The first kappa shape index (κ1) is 33.2. The third-order valence-electron chi connectivity index (χ3n) is 12.3. The van der Waals surface area contributed by atoms with Crippen molar-refractivity contribution in [3.63, 3.8) is 0 Å². The van der Waals surface area contributed by atoms with Crippen molar-refractivity contribution in [1.82, 2.24) is 0 Å². The standard InChI is InChI=1S/C54H43N/c1-53(2)45-26-16-14-25-43(45)51-47(53)35-48-52(50(51)39-22-12-7-13-23-39)44-34-41(32-33-46(44)54(48,3)4)55(40-30-28-37(29-31-40)36-18-8-5-9-19-36)49-27-17-15-24-42(49)38-20-10-6-11-21-38/h5-35H,1-4H3. The van der Waals surface area contributed by atoms with Gasteiger partial charge >= 0.3 is 0 Å². The summed E-state index contributed by atoms with van der Waals surface area (Å²) in [5.41, 5.74) is 21.5. The SMILES string of the molecule is CC1(C)c2ccccc2-c2c1cc1c(c2-c2ccccc2)-c2cc(N(c3ccc(-c4ccccc4)cc3)c3ccccc3-c3ccccc3)ccc2C1(C)C. The van der Waals surface area contributed by atoms with Crippen molar-refractivity contribution in [2.45, 2.75) is 38.5 Å². The van der Waals surface area contributed by atoms with Crippen molar-refractivity contribution in [3.05, 3.63) is 210 Å². The van der Waals surface area contributed by atoms with Gasteiger partial charge in [0.2, 0.25) is 0 Å². The average Bonchev–Trinajstić information content (AvgIpc) is 3.60. The zero-order valence-electron chi connectivity index (χ0n) is 31.8. The van der Waals surface area contributed by atoms with Crippen LogP contribution < -0.4 is 4.90 Å². The molecule has 10 rings (SSSR count). The van der Waals surface area contributed by atoms with Crippen LogP contribution in [-0.4, -0.2) is 0 Å². The highest BCUT2D eigenvalue weighted by Gasteiger charge is 2.44. The minimum absolute atomic E-state index is 0.107. The smallest absolute Gasteiger partial charge is 0.0540 e. The van der Waals surface area contributed by atoms with Crippen molar-refractivity contribution in [2.75, 3.05) is 4.90 Å². The molecule has 8 aromatic carbocycles. The fourth-order valence-corrected chi connectivity index (χ4v) is 9.47. The first-order valence-corrected chi connectivity index (χ1v) is 19.4. The quantitative estimate of drug-likeness (QED) is 0.166. The molecule has 0 saturated carbocycles. The Bertz CT molecular complexity index is 2720. The molecule has 2 aliphatic rings. The lowest BCUT2D eigenvalue weighted by molar-refractivity contribution is 0.639. The number of hydrogen-bond donors (Lipinski definition) is 0. The van der Waals surface area contributed by atoms with Gasteiger partial charge in [-0.2, -0.15) is 0 Å². The maximum Gasteiger partial charge on any atom is 0.0540 e. The lowest BCUT2D eigenvalue weighted by Crippen LogP contribution is -2.19. The van der Waals surface area contributed by atoms with Crippen LogP contribution in [0, 0.1) is 0 Å². The van der Waals surface area contributed by atoms with E-state index in [0.29, 0.717) is 0 Å². The number of hydrogen-bond acceptors (Lipinski definition) is 1. The third-order valence-corrected chi connectivity index (χ3v) is 12.3. The van der Waals surface area contributed by atoms with Crippen LogP contribution in [0.5, 0.6) is 0 Å². The molecule has 0 heterocycles. The summed E-state index contributed by atoms with van der Waals surface area (Å²) in [7, 11) is 0. The molecule has 55 heavy (non-hydrogen) atoms. The van der Waals surface area contributed by atoms with Gasteiger partial charge in [-0.15, -0.1) is 0 Å². The van der Waals surface area contributed by atoms with Crippen LogP contribution in [0.25, 0.3) is 55.6 Å². The van der Waals surface area contributed by atoms with Crippen molar-refractivity contribution in [2.24, 2.45) is 0 Å². The Morgan fingerprint density at radius 3 is 1.44 bits per heavy atom. The van der Waals surface area contributed by atoms with Crippen LogP contribution >= 0.6 is 0 Å². The van der Waals surface area contributed by atoms with E-state index in [9.17, 15) is 0 Å². The second kappa shape index (κ2) is 12.6. The minimum Gasteiger partial charge on any atom is -0.310 e. The Morgan fingerprint density at radius 1 is 0.309 bits per heavy atom. The Labute approximate surface area is 325 Å². The summed E-state index contributed by atoms with van der Waals surface area (Å²) >= 11 is 0. The van der Waals surface area contributed by atoms with Crippen LogP contribution in [-0.2, 0) is 10.8 Å². The summed E-state index contributed by atoms with van der Waals surface area (Å²) in [5.74, 6) is 0. The molecule has 0 unspecified atom stereocenters. The molecule has 0 bridgehead atoms. The molecule has 0 atom stereocenters. The molecule has 0 fully saturated rings. The number of nitrogens with zero attached hydrogens (tertiary/aromatic N) is 1. The third kappa shape index (κ3) is 5.14. The number of para-hydroxylation sites is 1. The van der Waals surface area contributed by atoms with Crippen LogP contribution in [0.1, 0.15) is 49.9 Å². The molecule has 0 aliphatic heterocycles. The van der Waals surface area contributed by atoms with Gasteiger partial charge in [0.25, 0.3) is 0 Å². The predicted molar refractivity (Wildman–Crippen MR) is 233 cm³/mol. The summed E-state index contributed by atoms with van der Waals surface area (Å²) < 4.78 is 0. The fourth-order valence-electron chi connectivity index (χ4n) is 9.47. The molecule has 2 aliphatic carbocycles. The van der Waals surface area contributed by atoms with Gasteiger partial charge < -0.3 is 4.90 Å². The summed E-state index contributed by atoms with van der Waals surface area (Å²) in [6.45, 7) is 9.63. The summed E-state index contributed by atoms with van der Waals surface area (Å²) in [5, 5.41) is 0. The molecule has 0 N–H and O–H groups in total. The lowest BCUT2D eigenvalue weighted by Gasteiger charge is -2.29. The van der Waals surface area contributed by atoms with Gasteiger partial charge in [0, 0.05) is 27.8 Å². The van der Waals surface area contributed by atoms with Gasteiger partial charge in [-0.1, -0.05) is 185 Å². The summed E-state index contributed by atoms with van der Waals surface area (Å²) in [4.78, 5) is 2.45. The van der Waals surface area contributed by atoms with Crippen LogP contribution in [0.15, 0.2) is 188 Å². The van der Waals surface area contributed by atoms with E-state index in [0.717, 1.165) is 17.1 Å². The van der Waals surface area contributed by atoms with E-state index in [1.807, 2.05) is 0 Å². The predicted octanol–water partition coefficient (Wildman–Crippen LogP) is 14.8. The molecule has 0 radical (unpaired) electrons. The average molecular weight is 706 g/mol. The highest BCUT2D eigenvalue weighted by Crippen LogP contribution is 2.61. The maximum atomic E-state index is 2.56. The Morgan fingerprint density at radius 2 is 0.782 bits per heavy atom. The first-order valence-electron chi connectivity index (χ1n) is 19.4. The minimum atomic E-state index is -0.184. The molecule has 8 aromatic rings. The van der Waals surface area contributed by atoms with Crippen molar-refractivity contribution in [3.8, 4) is 55.6 Å². The lowest BCUT2D eigenvalue weighted by atomic mass is 9.76. The fraction of sp³-hybridized carbons (Fsp3) is 0.111. The highest BCUT2D eigenvalue weighted by atomic mass is 15.1. The highest BCUT2D eigenvalue weighted by molar-refractivity contribution is 6.05. The van der Waals surface area contributed by atoms with E-state index < -0.39 is 0 Å². The summed E-state index contributed by atoms with van der Waals surface area (Å²) in [6.07, 6.45) is 0. The van der Waals surface area contributed by atoms with Crippen LogP contribution in [0.2, 0.25) is 0 Å². The zero-order valence-corrected chi connectivity index (χ0v) is 31.8. The van der Waals surface area contributed by atoms with E-state index in [1.54, 1.807) is 0 Å². The molecule has 0 aromatic heterocycles. The zero-order chi connectivity index (χ0) is 37.3. The topological polar surface area (TPSA) is 3.24 Å². The van der Waals surface area contributed by atoms with E-state index in [1.165, 1.54) is 77.9 Å². The second-order valence-electron chi connectivity index (χ2n) is 16.1. The van der Waals surface area contributed by atoms with Gasteiger partial charge in [0.1, 0.15) is 0 Å². The van der Waals surface area contributed by atoms with E-state index in [2.05, 4.69) is 221 Å². The van der Waals surface area contributed by atoms with Crippen molar-refractivity contribution in [1.29, 1.82) is 0 Å². The van der Waals surface area contributed by atoms with E-state index in [-0.39, 0.29) is 10.8 Å². The van der Waals surface area contributed by atoms with Gasteiger partial charge in [0.05, 0.1) is 5.69 Å². The van der Waals surface area contributed by atoms with Gasteiger partial charge in [-0.05, 0) is 103 Å². The molecule has 0 saturated heterocycles. The van der Waals surface area contributed by atoms with Gasteiger partial charge in [-0.25, -0.2) is 0 Å². The van der Waals surface area contributed by atoms with Gasteiger partial charge in [-0.3, -0.25) is 0 Å². The largest absolute Gasteiger partial charge is 0.310 e. The molecular formula is C54H43N. The molecule has 1 heteroatoms. The van der Waals surface area contributed by atoms with E-state index >= 15 is 0 Å². The summed E-state index contributed by atoms with van der Waals surface area (Å²) in [6, 6.07) is 69.2. The number of benzene rings is 8. The van der Waals surface area contributed by atoms with Crippen molar-refractivity contribution < 1.29 is 0 Å². The Balaban J connectivity index is 1.24.